The topological polar surface area (TPSA) is 71.0 Å². The molecule has 1 aromatic carbocycles. The summed E-state index contributed by atoms with van der Waals surface area (Å²) in [6.45, 7) is 0. The van der Waals surface area contributed by atoms with Crippen molar-refractivity contribution in [1.29, 1.82) is 0 Å². The van der Waals surface area contributed by atoms with Gasteiger partial charge in [0.15, 0.2) is 0 Å². The Morgan fingerprint density at radius 1 is 1.05 bits per heavy atom. The van der Waals surface area contributed by atoms with E-state index in [1.165, 1.54) is 0 Å². The Kier molecular flexibility index (Phi) is 3.65. The number of amides is 1. The number of rotatable bonds is 3. The molecule has 1 amide bonds. The first-order valence-corrected chi connectivity index (χ1v) is 6.81. The second-order valence-electron chi connectivity index (χ2n) is 4.98. The van der Waals surface area contributed by atoms with E-state index in [9.17, 15) is 4.79 Å². The second-order valence-corrected chi connectivity index (χ2v) is 4.98. The van der Waals surface area contributed by atoms with Crippen LogP contribution in [-0.4, -0.2) is 35.0 Å². The second kappa shape index (κ2) is 5.77. The Labute approximate surface area is 127 Å². The number of carbonyl (C=O) groups is 1. The lowest BCUT2D eigenvalue weighted by molar-refractivity contribution is 0.102. The van der Waals surface area contributed by atoms with Crippen LogP contribution in [-0.2, 0) is 0 Å². The fourth-order valence-corrected chi connectivity index (χ4v) is 2.01. The van der Waals surface area contributed by atoms with E-state index in [4.69, 9.17) is 0 Å². The highest BCUT2D eigenvalue weighted by Gasteiger charge is 2.10. The Morgan fingerprint density at radius 2 is 1.86 bits per heavy atom. The Bertz CT molecular complexity index is 831. The van der Waals surface area contributed by atoms with Gasteiger partial charge in [-0.25, -0.2) is 9.97 Å². The molecule has 110 valence electrons. The Hall–Kier alpha value is -3.02. The van der Waals surface area contributed by atoms with Crippen molar-refractivity contribution in [3.05, 3.63) is 54.4 Å². The lowest BCUT2D eigenvalue weighted by Crippen LogP contribution is -2.17. The van der Waals surface area contributed by atoms with Crippen molar-refractivity contribution < 1.29 is 4.79 Å². The largest absolute Gasteiger partial charge is 0.347 e. The molecule has 6 heteroatoms. The van der Waals surface area contributed by atoms with Crippen LogP contribution in [0.5, 0.6) is 0 Å². The van der Waals surface area contributed by atoms with Crippen LogP contribution in [0.4, 0.5) is 11.8 Å². The van der Waals surface area contributed by atoms with E-state index in [0.717, 1.165) is 10.9 Å². The molecule has 2 aromatic heterocycles. The molecule has 0 saturated heterocycles. The first-order chi connectivity index (χ1) is 10.6. The molecule has 2 heterocycles. The number of hydrogen-bond donors (Lipinski definition) is 1. The molecule has 0 fully saturated rings. The average molecular weight is 293 g/mol. The van der Waals surface area contributed by atoms with Crippen molar-refractivity contribution in [3.63, 3.8) is 0 Å². The summed E-state index contributed by atoms with van der Waals surface area (Å²) in [6.07, 6.45) is 1.60. The monoisotopic (exact) mass is 293 g/mol. The summed E-state index contributed by atoms with van der Waals surface area (Å²) in [5.74, 6) is 0.678. The summed E-state index contributed by atoms with van der Waals surface area (Å²) in [6, 6.07) is 12.9. The van der Waals surface area contributed by atoms with E-state index in [1.807, 2.05) is 44.4 Å². The summed E-state index contributed by atoms with van der Waals surface area (Å²) in [5.41, 5.74) is 1.13. The maximum Gasteiger partial charge on any atom is 0.275 e. The highest BCUT2D eigenvalue weighted by atomic mass is 16.1. The quantitative estimate of drug-likeness (QED) is 0.802. The summed E-state index contributed by atoms with van der Waals surface area (Å²) in [4.78, 5) is 26.8. The van der Waals surface area contributed by atoms with Crippen molar-refractivity contribution in [2.45, 2.75) is 0 Å². The van der Waals surface area contributed by atoms with Crippen molar-refractivity contribution >= 4 is 28.6 Å². The van der Waals surface area contributed by atoms with Gasteiger partial charge in [-0.05, 0) is 18.2 Å². The predicted octanol–water partition coefficient (Wildman–Crippen LogP) is 2.34. The number of pyridine rings is 1. The van der Waals surface area contributed by atoms with Crippen molar-refractivity contribution in [1.82, 2.24) is 15.0 Å². The van der Waals surface area contributed by atoms with Crippen molar-refractivity contribution in [2.24, 2.45) is 0 Å². The minimum Gasteiger partial charge on any atom is -0.347 e. The Morgan fingerprint density at radius 3 is 2.68 bits per heavy atom. The van der Waals surface area contributed by atoms with Crippen LogP contribution < -0.4 is 10.2 Å². The molecule has 0 aliphatic carbocycles. The lowest BCUT2D eigenvalue weighted by Gasteiger charge is -2.11. The molecule has 22 heavy (non-hydrogen) atoms. The number of anilines is 2. The number of aromatic nitrogens is 3. The van der Waals surface area contributed by atoms with E-state index >= 15 is 0 Å². The highest BCUT2D eigenvalue weighted by Crippen LogP contribution is 2.13. The molecule has 3 aromatic rings. The van der Waals surface area contributed by atoms with Gasteiger partial charge in [-0.2, -0.15) is 4.98 Å². The number of hydrogen-bond acceptors (Lipinski definition) is 5. The fraction of sp³-hybridized carbons (Fsp3) is 0.125. The summed E-state index contributed by atoms with van der Waals surface area (Å²) < 4.78 is 0. The third-order valence-electron chi connectivity index (χ3n) is 3.12. The number of nitrogens with zero attached hydrogens (tertiary/aromatic N) is 4. The maximum atomic E-state index is 12.3. The van der Waals surface area contributed by atoms with Gasteiger partial charge in [-0.3, -0.25) is 4.79 Å². The van der Waals surface area contributed by atoms with E-state index < -0.39 is 0 Å². The first-order valence-electron chi connectivity index (χ1n) is 6.81. The Balaban J connectivity index is 1.85. The van der Waals surface area contributed by atoms with Crippen LogP contribution in [0.15, 0.2) is 48.7 Å². The van der Waals surface area contributed by atoms with Crippen molar-refractivity contribution in [2.75, 3.05) is 24.3 Å². The fourth-order valence-electron chi connectivity index (χ4n) is 2.01. The third-order valence-corrected chi connectivity index (χ3v) is 3.12. The molecule has 0 atom stereocenters. The van der Waals surface area contributed by atoms with E-state index in [2.05, 4.69) is 20.3 Å². The summed E-state index contributed by atoms with van der Waals surface area (Å²) in [7, 11) is 3.68. The van der Waals surface area contributed by atoms with E-state index in [0.29, 0.717) is 17.5 Å². The minimum atomic E-state index is -0.297. The number of carbonyl (C=O) groups excluding carboxylic acids is 1. The number of benzene rings is 1. The van der Waals surface area contributed by atoms with Gasteiger partial charge >= 0.3 is 0 Å². The van der Waals surface area contributed by atoms with Crippen LogP contribution in [0.25, 0.3) is 10.9 Å². The molecule has 0 aliphatic rings. The molecule has 3 rings (SSSR count). The van der Waals surface area contributed by atoms with E-state index in [1.54, 1.807) is 23.2 Å². The molecular formula is C16H15N5O. The lowest BCUT2D eigenvalue weighted by atomic mass is 10.2. The third kappa shape index (κ3) is 2.85. The summed E-state index contributed by atoms with van der Waals surface area (Å²) in [5, 5.41) is 3.74. The van der Waals surface area contributed by atoms with Gasteiger partial charge in [0.05, 0.1) is 5.52 Å². The van der Waals surface area contributed by atoms with Gasteiger partial charge in [0.2, 0.25) is 5.95 Å². The average Bonchev–Trinajstić information content (AvgIpc) is 2.54. The van der Waals surface area contributed by atoms with Crippen LogP contribution in [0.2, 0.25) is 0 Å². The zero-order valence-electron chi connectivity index (χ0n) is 12.3. The smallest absolute Gasteiger partial charge is 0.275 e. The van der Waals surface area contributed by atoms with Gasteiger partial charge in [0, 0.05) is 25.7 Å². The standard InChI is InChI=1S/C16H15N5O/c1-21(2)16-17-10-9-14(20-16)19-15(22)13-8-7-11-5-3-4-6-12(11)18-13/h3-10H,1-2H3,(H,17,19,20,22). The molecule has 0 unspecified atom stereocenters. The highest BCUT2D eigenvalue weighted by molar-refractivity contribution is 6.03. The van der Waals surface area contributed by atoms with Gasteiger partial charge in [-0.1, -0.05) is 24.3 Å². The maximum absolute atomic E-state index is 12.3. The van der Waals surface area contributed by atoms with Gasteiger partial charge in [-0.15, -0.1) is 0 Å². The zero-order valence-corrected chi connectivity index (χ0v) is 12.3. The summed E-state index contributed by atoms with van der Waals surface area (Å²) >= 11 is 0. The van der Waals surface area contributed by atoms with Gasteiger partial charge < -0.3 is 10.2 Å². The molecule has 0 saturated carbocycles. The predicted molar refractivity (Wildman–Crippen MR) is 86.1 cm³/mol. The molecule has 6 nitrogen and oxygen atoms in total. The zero-order chi connectivity index (χ0) is 15.5. The molecule has 1 N–H and O–H groups in total. The normalized spacial score (nSPS) is 10.5. The van der Waals surface area contributed by atoms with E-state index in [-0.39, 0.29) is 5.91 Å². The van der Waals surface area contributed by atoms with Gasteiger partial charge in [0.1, 0.15) is 11.5 Å². The SMILES string of the molecule is CN(C)c1nccc(NC(=O)c2ccc3ccccc3n2)n1. The number of fused-ring (bicyclic) bond motifs is 1. The molecule has 0 radical (unpaired) electrons. The molecule has 0 aliphatic heterocycles. The first kappa shape index (κ1) is 13.9. The van der Waals surface area contributed by atoms with Gasteiger partial charge in [0.25, 0.3) is 5.91 Å². The molecule has 0 spiro atoms. The molecular weight excluding hydrogens is 278 g/mol. The van der Waals surface area contributed by atoms with Crippen molar-refractivity contribution in [3.8, 4) is 0 Å². The number of nitrogens with one attached hydrogen (secondary N) is 1. The minimum absolute atomic E-state index is 0.297. The van der Waals surface area contributed by atoms with Crippen LogP contribution in [0, 0.1) is 0 Å². The van der Waals surface area contributed by atoms with Crippen LogP contribution >= 0.6 is 0 Å². The number of para-hydroxylation sites is 1. The van der Waals surface area contributed by atoms with Crippen LogP contribution in [0.1, 0.15) is 10.5 Å². The molecule has 0 bridgehead atoms. The van der Waals surface area contributed by atoms with Crippen LogP contribution in [0.3, 0.4) is 0 Å².